The van der Waals surface area contributed by atoms with Gasteiger partial charge in [0, 0.05) is 31.2 Å². The van der Waals surface area contributed by atoms with E-state index in [-0.39, 0.29) is 17.5 Å². The third-order valence-corrected chi connectivity index (χ3v) is 6.12. The second-order valence-electron chi connectivity index (χ2n) is 8.49. The number of hydrogen-bond acceptors (Lipinski definition) is 4. The van der Waals surface area contributed by atoms with Gasteiger partial charge in [0.15, 0.2) is 0 Å². The molecule has 25 heavy (non-hydrogen) atoms. The second-order valence-corrected chi connectivity index (χ2v) is 8.49. The number of nitrogens with one attached hydrogen (secondary N) is 3. The van der Waals surface area contributed by atoms with Gasteiger partial charge < -0.3 is 5.32 Å². The average Bonchev–Trinajstić information content (AvgIpc) is 3.36. The molecule has 0 aromatic heterocycles. The summed E-state index contributed by atoms with van der Waals surface area (Å²) in [6.07, 6.45) is 4.60. The second kappa shape index (κ2) is 6.71. The number of fused-ring (bicyclic) bond motifs is 1. The monoisotopic (exact) mass is 342 g/mol. The van der Waals surface area contributed by atoms with Gasteiger partial charge in [-0.05, 0) is 56.6 Å². The summed E-state index contributed by atoms with van der Waals surface area (Å²) >= 11 is 0. The van der Waals surface area contributed by atoms with Gasteiger partial charge in [-0.15, -0.1) is 0 Å². The molecule has 3 aliphatic rings. The van der Waals surface area contributed by atoms with Gasteiger partial charge in [-0.25, -0.2) is 5.43 Å². The van der Waals surface area contributed by atoms with Crippen LogP contribution in [-0.2, 0) is 17.8 Å². The topological polar surface area (TPSA) is 56.4 Å². The minimum atomic E-state index is -0.0940. The largest absolute Gasteiger partial charge is 0.353 e. The average molecular weight is 342 g/mol. The van der Waals surface area contributed by atoms with Crippen molar-refractivity contribution < 1.29 is 4.79 Å². The Balaban J connectivity index is 1.30. The molecular formula is C20H30N4O. The van der Waals surface area contributed by atoms with Crippen molar-refractivity contribution in [2.24, 2.45) is 5.92 Å². The Bertz CT molecular complexity index is 640. The molecule has 3 N–H and O–H groups in total. The highest BCUT2D eigenvalue weighted by Crippen LogP contribution is 2.35. The molecule has 1 aromatic carbocycles. The number of amides is 1. The van der Waals surface area contributed by atoms with E-state index in [1.807, 2.05) is 0 Å². The van der Waals surface area contributed by atoms with Crippen molar-refractivity contribution in [3.05, 3.63) is 35.4 Å². The van der Waals surface area contributed by atoms with Crippen LogP contribution in [0.15, 0.2) is 24.3 Å². The predicted octanol–water partition coefficient (Wildman–Crippen LogP) is 1.58. The van der Waals surface area contributed by atoms with Gasteiger partial charge in [0.05, 0.1) is 0 Å². The molecule has 5 nitrogen and oxygen atoms in total. The number of rotatable bonds is 5. The Hall–Kier alpha value is -1.43. The van der Waals surface area contributed by atoms with E-state index in [0.29, 0.717) is 12.6 Å². The highest BCUT2D eigenvalue weighted by Gasteiger charge is 2.39. The van der Waals surface area contributed by atoms with Crippen LogP contribution in [0, 0.1) is 5.92 Å². The first-order valence-corrected chi connectivity index (χ1v) is 9.63. The molecule has 0 bridgehead atoms. The van der Waals surface area contributed by atoms with Crippen LogP contribution in [0.3, 0.4) is 0 Å². The first-order chi connectivity index (χ1) is 12.0. The minimum Gasteiger partial charge on any atom is -0.353 e. The number of hydrazine groups is 1. The van der Waals surface area contributed by atoms with Gasteiger partial charge in [0.25, 0.3) is 0 Å². The summed E-state index contributed by atoms with van der Waals surface area (Å²) in [7, 11) is 0. The molecule has 2 heterocycles. The van der Waals surface area contributed by atoms with E-state index in [0.717, 1.165) is 31.8 Å². The van der Waals surface area contributed by atoms with E-state index < -0.39 is 0 Å². The van der Waals surface area contributed by atoms with Gasteiger partial charge in [-0.1, -0.05) is 24.3 Å². The van der Waals surface area contributed by atoms with Gasteiger partial charge in [-0.3, -0.25) is 15.1 Å². The Morgan fingerprint density at radius 1 is 1.24 bits per heavy atom. The van der Waals surface area contributed by atoms with E-state index in [9.17, 15) is 4.79 Å². The highest BCUT2D eigenvalue weighted by molar-refractivity contribution is 5.82. The molecule has 1 saturated heterocycles. The number of nitrogens with zero attached hydrogens (tertiary/aromatic N) is 1. The Morgan fingerprint density at radius 3 is 2.76 bits per heavy atom. The third-order valence-electron chi connectivity index (χ3n) is 6.12. The number of carbonyl (C=O) groups excluding carboxylic acids is 1. The zero-order valence-corrected chi connectivity index (χ0v) is 15.3. The van der Waals surface area contributed by atoms with Gasteiger partial charge in [0.1, 0.15) is 6.04 Å². The van der Waals surface area contributed by atoms with Crippen LogP contribution < -0.4 is 16.2 Å². The Kier molecular flexibility index (Phi) is 4.56. The van der Waals surface area contributed by atoms with E-state index in [4.69, 9.17) is 0 Å². The maximum atomic E-state index is 12.5. The summed E-state index contributed by atoms with van der Waals surface area (Å²) < 4.78 is 0. The standard InChI is InChI=1S/C20H30N4O/c1-20(2,24-10-9-14-5-3-4-6-16(14)12-24)13-21-19(25)18-11-17(22-23-18)15-7-8-15/h3-6,15,17-18,22-23H,7-13H2,1-2H3,(H,21,25). The van der Waals surface area contributed by atoms with Gasteiger partial charge >= 0.3 is 0 Å². The van der Waals surface area contributed by atoms with Gasteiger partial charge in [0.2, 0.25) is 5.91 Å². The number of carbonyl (C=O) groups is 1. The molecule has 2 fully saturated rings. The fourth-order valence-corrected chi connectivity index (χ4v) is 4.11. The summed E-state index contributed by atoms with van der Waals surface area (Å²) in [5.74, 6) is 0.899. The molecule has 2 atom stereocenters. The molecule has 1 saturated carbocycles. The van der Waals surface area contributed by atoms with E-state index in [1.165, 1.54) is 24.0 Å². The normalized spacial score (nSPS) is 27.1. The van der Waals surface area contributed by atoms with Crippen LogP contribution in [-0.4, -0.2) is 41.5 Å². The molecule has 4 rings (SSSR count). The minimum absolute atomic E-state index is 0.0505. The lowest BCUT2D eigenvalue weighted by molar-refractivity contribution is -0.123. The maximum Gasteiger partial charge on any atom is 0.238 e. The number of benzene rings is 1. The summed E-state index contributed by atoms with van der Waals surface area (Å²) in [6.45, 7) is 7.16. The van der Waals surface area contributed by atoms with Gasteiger partial charge in [-0.2, -0.15) is 0 Å². The van der Waals surface area contributed by atoms with Crippen LogP contribution in [0.1, 0.15) is 44.2 Å². The van der Waals surface area contributed by atoms with E-state index in [2.05, 4.69) is 59.2 Å². The fraction of sp³-hybridized carbons (Fsp3) is 0.650. The SMILES string of the molecule is CC(C)(CNC(=O)C1CC(C2CC2)NN1)N1CCc2ccccc2C1. The predicted molar refractivity (Wildman–Crippen MR) is 98.8 cm³/mol. The highest BCUT2D eigenvalue weighted by atomic mass is 16.2. The van der Waals surface area contributed by atoms with Crippen LogP contribution in [0.25, 0.3) is 0 Å². The van der Waals surface area contributed by atoms with Crippen LogP contribution in [0.5, 0.6) is 0 Å². The molecule has 136 valence electrons. The molecule has 2 unspecified atom stereocenters. The number of hydrogen-bond donors (Lipinski definition) is 3. The van der Waals surface area contributed by atoms with Crippen molar-refractivity contribution in [2.75, 3.05) is 13.1 Å². The van der Waals surface area contributed by atoms with Crippen molar-refractivity contribution in [1.29, 1.82) is 0 Å². The third kappa shape index (κ3) is 3.73. The van der Waals surface area contributed by atoms with Crippen molar-refractivity contribution in [1.82, 2.24) is 21.1 Å². The fourth-order valence-electron chi connectivity index (χ4n) is 4.11. The summed E-state index contributed by atoms with van der Waals surface area (Å²) in [6, 6.07) is 9.08. The zero-order valence-electron chi connectivity index (χ0n) is 15.3. The lowest BCUT2D eigenvalue weighted by atomic mass is 9.94. The van der Waals surface area contributed by atoms with Crippen molar-refractivity contribution >= 4 is 5.91 Å². The first kappa shape index (κ1) is 17.0. The molecule has 5 heteroatoms. The Morgan fingerprint density at radius 2 is 2.00 bits per heavy atom. The molecule has 2 aliphatic heterocycles. The first-order valence-electron chi connectivity index (χ1n) is 9.63. The molecule has 1 amide bonds. The molecule has 0 radical (unpaired) electrons. The van der Waals surface area contributed by atoms with E-state index in [1.54, 1.807) is 0 Å². The molecule has 0 spiro atoms. The maximum absolute atomic E-state index is 12.5. The van der Waals surface area contributed by atoms with Crippen molar-refractivity contribution in [3.8, 4) is 0 Å². The molecular weight excluding hydrogens is 312 g/mol. The summed E-state index contributed by atoms with van der Waals surface area (Å²) in [5.41, 5.74) is 9.31. The molecule has 1 aromatic rings. The lowest BCUT2D eigenvalue weighted by Gasteiger charge is -2.41. The van der Waals surface area contributed by atoms with E-state index >= 15 is 0 Å². The van der Waals surface area contributed by atoms with Crippen LogP contribution in [0.4, 0.5) is 0 Å². The quantitative estimate of drug-likeness (QED) is 0.761. The van der Waals surface area contributed by atoms with Crippen molar-refractivity contribution in [3.63, 3.8) is 0 Å². The van der Waals surface area contributed by atoms with Crippen LogP contribution in [0.2, 0.25) is 0 Å². The van der Waals surface area contributed by atoms with Crippen molar-refractivity contribution in [2.45, 2.75) is 63.7 Å². The Labute approximate surface area is 150 Å². The summed E-state index contributed by atoms with van der Waals surface area (Å²) in [5, 5.41) is 3.18. The summed E-state index contributed by atoms with van der Waals surface area (Å²) in [4.78, 5) is 15.0. The molecule has 1 aliphatic carbocycles. The zero-order chi connectivity index (χ0) is 17.4. The van der Waals surface area contributed by atoms with Crippen LogP contribution >= 0.6 is 0 Å². The lowest BCUT2D eigenvalue weighted by Crippen LogP contribution is -2.55. The smallest absolute Gasteiger partial charge is 0.238 e.